The Bertz CT molecular complexity index is 1130. The van der Waals surface area contributed by atoms with Crippen LogP contribution in [0, 0.1) is 10.1 Å². The number of hydrogen-bond donors (Lipinski definition) is 0. The molecule has 1 aromatic carbocycles. The molecule has 152 valence electrons. The van der Waals surface area contributed by atoms with Gasteiger partial charge in [0, 0.05) is 23.9 Å². The van der Waals surface area contributed by atoms with Crippen LogP contribution in [-0.2, 0) is 22.5 Å². The lowest BCUT2D eigenvalue weighted by molar-refractivity contribution is -0.384. The number of non-ortho nitro benzene ring substituents is 1. The van der Waals surface area contributed by atoms with Gasteiger partial charge in [0.2, 0.25) is 5.78 Å². The Morgan fingerprint density at radius 2 is 2.07 bits per heavy atom. The predicted octanol–water partition coefficient (Wildman–Crippen LogP) is 3.33. The second kappa shape index (κ2) is 8.82. The summed E-state index contributed by atoms with van der Waals surface area (Å²) in [7, 11) is 0. The van der Waals surface area contributed by atoms with E-state index in [4.69, 9.17) is 9.15 Å². The van der Waals surface area contributed by atoms with Crippen molar-refractivity contribution in [3.63, 3.8) is 0 Å². The highest BCUT2D eigenvalue weighted by atomic mass is 32.1. The third-order valence-corrected chi connectivity index (χ3v) is 5.55. The number of thiophene rings is 1. The lowest BCUT2D eigenvalue weighted by Gasteiger charge is -2.04. The molecule has 0 spiro atoms. The third-order valence-electron chi connectivity index (χ3n) is 4.27. The third kappa shape index (κ3) is 4.77. The average molecular weight is 418 g/mol. The van der Waals surface area contributed by atoms with Gasteiger partial charge in [-0.25, -0.2) is 4.79 Å². The fraction of sp³-hybridized carbons (Fsp3) is 0.316. The minimum absolute atomic E-state index is 0.0179. The molecule has 29 heavy (non-hydrogen) atoms. The number of rotatable bonds is 9. The minimum Gasteiger partial charge on any atom is -0.457 e. The molecule has 0 amide bonds. The van der Waals surface area contributed by atoms with E-state index in [-0.39, 0.29) is 43.0 Å². The van der Waals surface area contributed by atoms with Gasteiger partial charge in [-0.2, -0.15) is 0 Å². The van der Waals surface area contributed by atoms with Crippen molar-refractivity contribution in [3.05, 3.63) is 60.8 Å². The van der Waals surface area contributed by atoms with Gasteiger partial charge >= 0.3 is 11.7 Å². The molecule has 0 saturated carbocycles. The van der Waals surface area contributed by atoms with Crippen LogP contribution in [0.3, 0.4) is 0 Å². The van der Waals surface area contributed by atoms with Gasteiger partial charge in [-0.05, 0) is 31.0 Å². The number of aromatic nitrogens is 1. The van der Waals surface area contributed by atoms with Gasteiger partial charge in [0.1, 0.15) is 0 Å². The molecule has 0 radical (unpaired) electrons. The van der Waals surface area contributed by atoms with Crippen LogP contribution in [0.4, 0.5) is 5.69 Å². The van der Waals surface area contributed by atoms with Crippen molar-refractivity contribution < 1.29 is 23.7 Å². The van der Waals surface area contributed by atoms with Crippen molar-refractivity contribution in [1.29, 1.82) is 0 Å². The van der Waals surface area contributed by atoms with Crippen molar-refractivity contribution in [1.82, 2.24) is 4.57 Å². The van der Waals surface area contributed by atoms with Crippen molar-refractivity contribution in [3.8, 4) is 0 Å². The lowest BCUT2D eigenvalue weighted by atomic mass is 10.2. The number of Topliss-reactive ketones (excluding diaryl/α,β-unsaturated/α-hetero) is 1. The Labute approximate surface area is 168 Å². The van der Waals surface area contributed by atoms with E-state index in [0.29, 0.717) is 10.4 Å². The van der Waals surface area contributed by atoms with Crippen LogP contribution in [-0.4, -0.2) is 27.8 Å². The predicted molar refractivity (Wildman–Crippen MR) is 105 cm³/mol. The van der Waals surface area contributed by atoms with Crippen LogP contribution < -0.4 is 5.76 Å². The second-order valence-corrected chi connectivity index (χ2v) is 7.40. The van der Waals surface area contributed by atoms with Crippen LogP contribution in [0.1, 0.15) is 34.3 Å². The zero-order valence-electron chi connectivity index (χ0n) is 15.6. The smallest absolute Gasteiger partial charge is 0.419 e. The first-order valence-electron chi connectivity index (χ1n) is 8.94. The molecule has 2 heterocycles. The summed E-state index contributed by atoms with van der Waals surface area (Å²) >= 11 is 1.38. The number of fused-ring (bicyclic) bond motifs is 1. The first-order valence-corrected chi connectivity index (χ1v) is 9.76. The molecule has 3 aromatic rings. The molecule has 0 atom stereocenters. The standard InChI is InChI=1S/C19H18N2O7S/c1-2-13-6-8-17(29-13)15(22)11-27-18(23)4-3-9-20-14-7-5-12(21(25)26)10-16(14)28-19(20)24/h5-8,10H,2-4,9,11H2,1H3. The summed E-state index contributed by atoms with van der Waals surface area (Å²) in [4.78, 5) is 47.7. The van der Waals surface area contributed by atoms with Gasteiger partial charge in [0.15, 0.2) is 12.2 Å². The zero-order chi connectivity index (χ0) is 21.0. The van der Waals surface area contributed by atoms with Crippen LogP contribution in [0.15, 0.2) is 39.5 Å². The Morgan fingerprint density at radius 1 is 1.28 bits per heavy atom. The number of nitrogens with zero attached hydrogens (tertiary/aromatic N) is 2. The van der Waals surface area contributed by atoms with Crippen LogP contribution in [0.2, 0.25) is 0 Å². The Kier molecular flexibility index (Phi) is 6.23. The van der Waals surface area contributed by atoms with E-state index in [1.807, 2.05) is 13.0 Å². The average Bonchev–Trinajstić information content (AvgIpc) is 3.30. The molecule has 0 fully saturated rings. The molecule has 10 heteroatoms. The second-order valence-electron chi connectivity index (χ2n) is 6.24. The summed E-state index contributed by atoms with van der Waals surface area (Å²) in [5.41, 5.74) is 0.344. The van der Waals surface area contributed by atoms with Crippen LogP contribution >= 0.6 is 11.3 Å². The molecular formula is C19H18N2O7S. The number of benzene rings is 1. The SMILES string of the molecule is CCc1ccc(C(=O)COC(=O)CCCn2c(=O)oc3cc([N+](=O)[O-])ccc32)s1. The van der Waals surface area contributed by atoms with Crippen molar-refractivity contribution in [2.75, 3.05) is 6.61 Å². The highest BCUT2D eigenvalue weighted by Gasteiger charge is 2.15. The molecule has 0 bridgehead atoms. The van der Waals surface area contributed by atoms with Gasteiger partial charge in [-0.15, -0.1) is 11.3 Å². The van der Waals surface area contributed by atoms with E-state index in [2.05, 4.69) is 0 Å². The molecule has 0 N–H and O–H groups in total. The number of ketones is 1. The van der Waals surface area contributed by atoms with E-state index in [9.17, 15) is 24.5 Å². The quantitative estimate of drug-likeness (QED) is 0.226. The Hall–Kier alpha value is -3.27. The molecule has 3 rings (SSSR count). The lowest BCUT2D eigenvalue weighted by Crippen LogP contribution is -2.17. The van der Waals surface area contributed by atoms with Gasteiger partial charge in [-0.1, -0.05) is 6.92 Å². The maximum absolute atomic E-state index is 12.0. The molecular weight excluding hydrogens is 400 g/mol. The molecule has 0 aliphatic heterocycles. The number of carbonyl (C=O) groups excluding carboxylic acids is 2. The number of esters is 1. The van der Waals surface area contributed by atoms with Crippen LogP contribution in [0.25, 0.3) is 11.1 Å². The molecule has 0 unspecified atom stereocenters. The number of ether oxygens (including phenoxy) is 1. The zero-order valence-corrected chi connectivity index (χ0v) is 16.4. The monoisotopic (exact) mass is 418 g/mol. The van der Waals surface area contributed by atoms with E-state index < -0.39 is 16.6 Å². The van der Waals surface area contributed by atoms with Crippen molar-refractivity contribution >= 4 is 39.9 Å². The topological polar surface area (TPSA) is 122 Å². The van der Waals surface area contributed by atoms with Gasteiger partial charge < -0.3 is 9.15 Å². The highest BCUT2D eigenvalue weighted by molar-refractivity contribution is 7.14. The van der Waals surface area contributed by atoms with Crippen molar-refractivity contribution in [2.45, 2.75) is 32.7 Å². The molecule has 0 aliphatic carbocycles. The van der Waals surface area contributed by atoms with Crippen LogP contribution in [0.5, 0.6) is 0 Å². The first kappa shape index (κ1) is 20.5. The normalized spacial score (nSPS) is 10.9. The number of hydrogen-bond acceptors (Lipinski definition) is 8. The fourth-order valence-corrected chi connectivity index (χ4v) is 3.64. The van der Waals surface area contributed by atoms with Gasteiger partial charge in [-0.3, -0.25) is 24.3 Å². The molecule has 2 aromatic heterocycles. The largest absolute Gasteiger partial charge is 0.457 e. The van der Waals surface area contributed by atoms with Crippen molar-refractivity contribution in [2.24, 2.45) is 0 Å². The number of nitro benzene ring substituents is 1. The highest BCUT2D eigenvalue weighted by Crippen LogP contribution is 2.20. The molecule has 0 saturated heterocycles. The maximum atomic E-state index is 12.0. The summed E-state index contributed by atoms with van der Waals surface area (Å²) in [6.07, 6.45) is 1.15. The van der Waals surface area contributed by atoms with E-state index in [1.165, 1.54) is 34.1 Å². The molecule has 9 nitrogen and oxygen atoms in total. The summed E-state index contributed by atoms with van der Waals surface area (Å²) in [6.45, 7) is 1.86. The summed E-state index contributed by atoms with van der Waals surface area (Å²) in [5, 5.41) is 10.8. The van der Waals surface area contributed by atoms with E-state index in [1.54, 1.807) is 6.07 Å². The molecule has 0 aliphatic rings. The van der Waals surface area contributed by atoms with E-state index in [0.717, 1.165) is 11.3 Å². The summed E-state index contributed by atoms with van der Waals surface area (Å²) in [5.74, 6) is -1.45. The minimum atomic E-state index is -0.659. The number of aryl methyl sites for hydroxylation is 2. The fourth-order valence-electron chi connectivity index (χ4n) is 2.77. The number of carbonyl (C=O) groups is 2. The summed E-state index contributed by atoms with van der Waals surface area (Å²) < 4.78 is 11.3. The Balaban J connectivity index is 1.52. The first-order chi connectivity index (χ1) is 13.9. The Morgan fingerprint density at radius 3 is 2.76 bits per heavy atom. The van der Waals surface area contributed by atoms with Gasteiger partial charge in [0.05, 0.1) is 21.4 Å². The maximum Gasteiger partial charge on any atom is 0.419 e. The number of nitro groups is 1. The summed E-state index contributed by atoms with van der Waals surface area (Å²) in [6, 6.07) is 7.49. The number of oxazole rings is 1. The van der Waals surface area contributed by atoms with E-state index >= 15 is 0 Å². The van der Waals surface area contributed by atoms with Gasteiger partial charge in [0.25, 0.3) is 5.69 Å².